The number of carbonyl (C=O) groups is 1. The van der Waals surface area contributed by atoms with E-state index in [0.29, 0.717) is 28.9 Å². The van der Waals surface area contributed by atoms with Gasteiger partial charge in [0.1, 0.15) is 0 Å². The number of nitrogens with zero attached hydrogens (tertiary/aromatic N) is 1. The number of ether oxygens (including phenoxy) is 2. The van der Waals surface area contributed by atoms with Gasteiger partial charge < -0.3 is 19.9 Å². The minimum atomic E-state index is -1.06. The first-order chi connectivity index (χ1) is 13.0. The van der Waals surface area contributed by atoms with E-state index in [-0.39, 0.29) is 0 Å². The lowest BCUT2D eigenvalue weighted by molar-refractivity contribution is -0.139. The molecule has 2 rings (SSSR count). The van der Waals surface area contributed by atoms with Crippen LogP contribution < -0.4 is 20.2 Å². The highest BCUT2D eigenvalue weighted by atomic mass is 32.1. The van der Waals surface area contributed by atoms with Crippen molar-refractivity contribution in [3.05, 3.63) is 59.7 Å². The van der Waals surface area contributed by atoms with Gasteiger partial charge in [0.05, 0.1) is 12.8 Å². The number of carboxylic acid groups (broad SMARTS) is 1. The van der Waals surface area contributed by atoms with E-state index in [0.717, 1.165) is 11.1 Å². The second kappa shape index (κ2) is 10.1. The number of aliphatic carboxylic acids is 1. The third-order valence-electron chi connectivity index (χ3n) is 3.55. The number of methoxy groups -OCH3 is 1. The Hall–Kier alpha value is -3.13. The van der Waals surface area contributed by atoms with Gasteiger partial charge in [0, 0.05) is 12.1 Å². The minimum absolute atomic E-state index is 0.351. The number of hydrogen-bond donors (Lipinski definition) is 3. The van der Waals surface area contributed by atoms with Gasteiger partial charge in [-0.25, -0.2) is 4.79 Å². The van der Waals surface area contributed by atoms with E-state index in [1.54, 1.807) is 18.2 Å². The van der Waals surface area contributed by atoms with Gasteiger partial charge in [-0.2, -0.15) is 5.10 Å². The Morgan fingerprint density at radius 3 is 2.59 bits per heavy atom. The van der Waals surface area contributed by atoms with Gasteiger partial charge in [-0.1, -0.05) is 30.3 Å². The first-order valence-electron chi connectivity index (χ1n) is 8.14. The van der Waals surface area contributed by atoms with E-state index >= 15 is 0 Å². The van der Waals surface area contributed by atoms with Crippen LogP contribution in [-0.2, 0) is 11.3 Å². The number of nitrogens with one attached hydrogen (secondary N) is 2. The van der Waals surface area contributed by atoms with E-state index in [9.17, 15) is 4.79 Å². The van der Waals surface area contributed by atoms with Crippen LogP contribution >= 0.6 is 12.2 Å². The van der Waals surface area contributed by atoms with Crippen molar-refractivity contribution in [2.45, 2.75) is 13.5 Å². The zero-order valence-corrected chi connectivity index (χ0v) is 15.9. The van der Waals surface area contributed by atoms with Crippen LogP contribution in [0.4, 0.5) is 0 Å². The van der Waals surface area contributed by atoms with E-state index < -0.39 is 12.6 Å². The summed E-state index contributed by atoms with van der Waals surface area (Å²) in [7, 11) is 1.49. The second-order valence-corrected chi connectivity index (χ2v) is 5.93. The molecule has 0 fully saturated rings. The first-order valence-corrected chi connectivity index (χ1v) is 8.55. The van der Waals surface area contributed by atoms with Crippen LogP contribution in [0.25, 0.3) is 0 Å². The van der Waals surface area contributed by atoms with Crippen LogP contribution in [0.15, 0.2) is 53.6 Å². The molecule has 2 aromatic rings. The van der Waals surface area contributed by atoms with Crippen molar-refractivity contribution in [2.24, 2.45) is 5.10 Å². The lowest BCUT2D eigenvalue weighted by atomic mass is 10.1. The Bertz CT molecular complexity index is 825. The zero-order valence-electron chi connectivity index (χ0n) is 15.1. The molecular formula is C19H21N3O4S. The molecule has 0 aliphatic heterocycles. The van der Waals surface area contributed by atoms with Gasteiger partial charge in [0.25, 0.3) is 0 Å². The number of rotatable bonds is 8. The monoisotopic (exact) mass is 387 g/mol. The predicted molar refractivity (Wildman–Crippen MR) is 107 cm³/mol. The predicted octanol–water partition coefficient (Wildman–Crippen LogP) is 2.55. The maximum absolute atomic E-state index is 10.6. The van der Waals surface area contributed by atoms with Gasteiger partial charge in [-0.3, -0.25) is 5.43 Å². The molecule has 0 aromatic heterocycles. The highest BCUT2D eigenvalue weighted by Crippen LogP contribution is 2.28. The van der Waals surface area contributed by atoms with Crippen molar-refractivity contribution >= 4 is 29.0 Å². The molecule has 0 unspecified atom stereocenters. The van der Waals surface area contributed by atoms with Gasteiger partial charge in [0.15, 0.2) is 23.2 Å². The van der Waals surface area contributed by atoms with Crippen LogP contribution in [0.5, 0.6) is 11.5 Å². The molecule has 0 spiro atoms. The summed E-state index contributed by atoms with van der Waals surface area (Å²) in [5.74, 6) is -0.280. The Morgan fingerprint density at radius 1 is 1.19 bits per heavy atom. The normalized spacial score (nSPS) is 10.8. The molecule has 0 radical (unpaired) electrons. The third-order valence-corrected chi connectivity index (χ3v) is 3.79. The Kier molecular flexibility index (Phi) is 7.57. The maximum Gasteiger partial charge on any atom is 0.341 e. The number of carboxylic acids is 1. The summed E-state index contributed by atoms with van der Waals surface area (Å²) in [5.41, 5.74) is 5.38. The van der Waals surface area contributed by atoms with Crippen molar-refractivity contribution in [3.8, 4) is 11.5 Å². The molecule has 7 nitrogen and oxygen atoms in total. The van der Waals surface area contributed by atoms with Crippen molar-refractivity contribution in [2.75, 3.05) is 13.7 Å². The number of benzene rings is 2. The smallest absolute Gasteiger partial charge is 0.341 e. The summed E-state index contributed by atoms with van der Waals surface area (Å²) in [6, 6.07) is 15.0. The Labute approximate surface area is 163 Å². The average molecular weight is 387 g/mol. The molecule has 8 heteroatoms. The molecule has 0 amide bonds. The van der Waals surface area contributed by atoms with Crippen LogP contribution in [0.3, 0.4) is 0 Å². The summed E-state index contributed by atoms with van der Waals surface area (Å²) in [4.78, 5) is 10.6. The maximum atomic E-state index is 10.6. The summed E-state index contributed by atoms with van der Waals surface area (Å²) in [6.07, 6.45) is 0. The van der Waals surface area contributed by atoms with Crippen molar-refractivity contribution < 1.29 is 19.4 Å². The van der Waals surface area contributed by atoms with Gasteiger partial charge in [0.2, 0.25) is 0 Å². The Morgan fingerprint density at radius 2 is 1.93 bits per heavy atom. The first kappa shape index (κ1) is 20.2. The number of thiocarbonyl (C=S) groups is 1. The number of hydrogen-bond acceptors (Lipinski definition) is 5. The molecular weight excluding hydrogens is 366 g/mol. The van der Waals surface area contributed by atoms with Crippen LogP contribution in [0.1, 0.15) is 18.1 Å². The molecule has 0 atom stereocenters. The van der Waals surface area contributed by atoms with Crippen molar-refractivity contribution in [1.82, 2.24) is 10.7 Å². The Balaban J connectivity index is 1.95. The molecule has 0 saturated carbocycles. The fourth-order valence-electron chi connectivity index (χ4n) is 2.17. The van der Waals surface area contributed by atoms with E-state index in [1.807, 2.05) is 37.3 Å². The summed E-state index contributed by atoms with van der Waals surface area (Å²) < 4.78 is 10.4. The lowest BCUT2D eigenvalue weighted by Crippen LogP contribution is -2.32. The summed E-state index contributed by atoms with van der Waals surface area (Å²) in [5, 5.41) is 16.5. The molecule has 0 heterocycles. The van der Waals surface area contributed by atoms with E-state index in [4.69, 9.17) is 26.8 Å². The quantitative estimate of drug-likeness (QED) is 0.364. The van der Waals surface area contributed by atoms with E-state index in [1.165, 1.54) is 7.11 Å². The summed E-state index contributed by atoms with van der Waals surface area (Å²) in [6.45, 7) is 1.98. The molecule has 27 heavy (non-hydrogen) atoms. The SMILES string of the molecule is COc1cc(/C(C)=N\NC(=S)NCc2ccccc2)ccc1OCC(=O)O. The average Bonchev–Trinajstić information content (AvgIpc) is 2.69. The summed E-state index contributed by atoms with van der Waals surface area (Å²) >= 11 is 5.22. The highest BCUT2D eigenvalue weighted by molar-refractivity contribution is 7.80. The number of hydrazone groups is 1. The van der Waals surface area contributed by atoms with Gasteiger partial charge in [-0.15, -0.1) is 0 Å². The zero-order chi connectivity index (χ0) is 19.6. The minimum Gasteiger partial charge on any atom is -0.493 e. The molecule has 0 bridgehead atoms. The largest absolute Gasteiger partial charge is 0.493 e. The third kappa shape index (κ3) is 6.59. The van der Waals surface area contributed by atoms with Crippen LogP contribution in [0, 0.1) is 0 Å². The molecule has 2 aromatic carbocycles. The molecule has 0 aliphatic rings. The topological polar surface area (TPSA) is 92.2 Å². The second-order valence-electron chi connectivity index (χ2n) is 5.53. The van der Waals surface area contributed by atoms with Crippen LogP contribution in [0.2, 0.25) is 0 Å². The molecule has 3 N–H and O–H groups in total. The molecule has 142 valence electrons. The molecule has 0 aliphatic carbocycles. The van der Waals surface area contributed by atoms with E-state index in [2.05, 4.69) is 15.8 Å². The standard InChI is InChI=1S/C19H21N3O4S/c1-13(21-22-19(27)20-11-14-6-4-3-5-7-14)15-8-9-16(17(10-15)25-2)26-12-18(23)24/h3-10H,11-12H2,1-2H3,(H,23,24)(H2,20,22,27)/b21-13-. The lowest BCUT2D eigenvalue weighted by Gasteiger charge is -2.11. The van der Waals surface area contributed by atoms with Crippen molar-refractivity contribution in [1.29, 1.82) is 0 Å². The van der Waals surface area contributed by atoms with Crippen molar-refractivity contribution in [3.63, 3.8) is 0 Å². The fraction of sp³-hybridized carbons (Fsp3) is 0.211. The molecule has 0 saturated heterocycles. The van der Waals surface area contributed by atoms with Crippen LogP contribution in [-0.4, -0.2) is 35.6 Å². The highest BCUT2D eigenvalue weighted by Gasteiger charge is 2.09. The van der Waals surface area contributed by atoms with Gasteiger partial charge in [-0.05, 0) is 42.9 Å². The van der Waals surface area contributed by atoms with Gasteiger partial charge >= 0.3 is 5.97 Å². The fourth-order valence-corrected chi connectivity index (χ4v) is 2.29.